The first-order chi connectivity index (χ1) is 13.1. The zero-order valence-electron chi connectivity index (χ0n) is 14.8. The van der Waals surface area contributed by atoms with Gasteiger partial charge in [0.05, 0.1) is 18.1 Å². The molecule has 3 aromatic rings. The van der Waals surface area contributed by atoms with Gasteiger partial charge in [0.1, 0.15) is 17.1 Å². The molecule has 0 atom stereocenters. The van der Waals surface area contributed by atoms with Crippen molar-refractivity contribution in [3.8, 4) is 5.75 Å². The Morgan fingerprint density at radius 3 is 2.63 bits per heavy atom. The topological polar surface area (TPSA) is 76.7 Å². The van der Waals surface area contributed by atoms with Crippen molar-refractivity contribution in [1.82, 2.24) is 0 Å². The minimum atomic E-state index is -1.06. The van der Waals surface area contributed by atoms with Crippen molar-refractivity contribution in [2.45, 2.75) is 19.3 Å². The number of rotatable bonds is 3. The lowest BCUT2D eigenvalue weighted by Gasteiger charge is -2.18. The van der Waals surface area contributed by atoms with Crippen LogP contribution in [0.25, 0.3) is 22.6 Å². The van der Waals surface area contributed by atoms with Gasteiger partial charge in [-0.05, 0) is 66.8 Å². The molecule has 1 aliphatic carbocycles. The third kappa shape index (κ3) is 3.12. The van der Waals surface area contributed by atoms with Crippen LogP contribution in [0, 0.1) is 0 Å². The average molecular weight is 362 g/mol. The van der Waals surface area contributed by atoms with Crippen molar-refractivity contribution in [2.75, 3.05) is 7.11 Å². The van der Waals surface area contributed by atoms with Gasteiger partial charge >= 0.3 is 5.97 Å². The molecule has 1 aliphatic rings. The summed E-state index contributed by atoms with van der Waals surface area (Å²) in [7, 11) is 1.63. The highest BCUT2D eigenvalue weighted by Gasteiger charge is 2.22. The lowest BCUT2D eigenvalue weighted by Crippen LogP contribution is -2.16. The second-order valence-electron chi connectivity index (χ2n) is 6.55. The Bertz CT molecular complexity index is 1120. The Kier molecular flexibility index (Phi) is 4.28. The molecule has 1 aromatic heterocycles. The summed E-state index contributed by atoms with van der Waals surface area (Å²) in [5.41, 5.74) is 2.95. The molecule has 0 saturated heterocycles. The molecule has 4 rings (SSSR count). The molecular formula is C22H18O5. The van der Waals surface area contributed by atoms with Crippen molar-refractivity contribution >= 4 is 28.6 Å². The molecule has 136 valence electrons. The number of ether oxygens (including phenoxy) is 1. The number of methoxy groups -OCH3 is 1. The van der Waals surface area contributed by atoms with E-state index in [1.54, 1.807) is 13.2 Å². The largest absolute Gasteiger partial charge is 0.497 e. The number of carboxylic acids is 1. The summed E-state index contributed by atoms with van der Waals surface area (Å²) in [5.74, 6) is 0.333. The second-order valence-corrected chi connectivity index (χ2v) is 6.55. The van der Waals surface area contributed by atoms with Crippen molar-refractivity contribution in [1.29, 1.82) is 0 Å². The summed E-state index contributed by atoms with van der Waals surface area (Å²) in [4.78, 5) is 24.1. The maximum Gasteiger partial charge on any atom is 0.335 e. The smallest absolute Gasteiger partial charge is 0.335 e. The van der Waals surface area contributed by atoms with Crippen LogP contribution in [0.15, 0.2) is 51.7 Å². The molecule has 0 bridgehead atoms. The number of allylic oxidation sites excluding steroid dienone is 1. The van der Waals surface area contributed by atoms with E-state index in [0.29, 0.717) is 28.7 Å². The van der Waals surface area contributed by atoms with Gasteiger partial charge in [-0.1, -0.05) is 12.1 Å². The summed E-state index contributed by atoms with van der Waals surface area (Å²) >= 11 is 0. The van der Waals surface area contributed by atoms with E-state index in [-0.39, 0.29) is 11.0 Å². The fourth-order valence-corrected chi connectivity index (χ4v) is 3.46. The standard InChI is InChI=1S/C22H18O5/c1-26-16-8-5-13(6-9-16)11-14-3-2-4-17-20(23)18-12-15(22(24)25)7-10-19(18)27-21(14)17/h5-12H,2-4H2,1H3,(H,24,25)/b14-11-. The third-order valence-electron chi connectivity index (χ3n) is 4.85. The van der Waals surface area contributed by atoms with Gasteiger partial charge in [0.15, 0.2) is 5.43 Å². The molecule has 5 heteroatoms. The van der Waals surface area contributed by atoms with Gasteiger partial charge in [-0.15, -0.1) is 0 Å². The number of hydrogen-bond donors (Lipinski definition) is 1. The summed E-state index contributed by atoms with van der Waals surface area (Å²) < 4.78 is 11.2. The van der Waals surface area contributed by atoms with E-state index in [4.69, 9.17) is 14.3 Å². The van der Waals surface area contributed by atoms with E-state index in [1.807, 2.05) is 30.3 Å². The molecule has 2 aromatic carbocycles. The van der Waals surface area contributed by atoms with Crippen LogP contribution >= 0.6 is 0 Å². The van der Waals surface area contributed by atoms with E-state index >= 15 is 0 Å². The highest BCUT2D eigenvalue weighted by molar-refractivity contribution is 5.93. The minimum Gasteiger partial charge on any atom is -0.497 e. The number of benzene rings is 2. The van der Waals surface area contributed by atoms with Gasteiger partial charge in [0.2, 0.25) is 0 Å². The average Bonchev–Trinajstić information content (AvgIpc) is 2.69. The molecule has 0 amide bonds. The predicted molar refractivity (Wildman–Crippen MR) is 103 cm³/mol. The normalized spacial score (nSPS) is 14.9. The maximum atomic E-state index is 12.9. The Balaban J connectivity index is 1.85. The molecule has 0 fully saturated rings. The first-order valence-corrected chi connectivity index (χ1v) is 8.75. The van der Waals surface area contributed by atoms with Crippen LogP contribution in [0.1, 0.15) is 40.1 Å². The second kappa shape index (κ2) is 6.76. The summed E-state index contributed by atoms with van der Waals surface area (Å²) in [6, 6.07) is 12.1. The van der Waals surface area contributed by atoms with Gasteiger partial charge in [-0.25, -0.2) is 4.79 Å². The van der Waals surface area contributed by atoms with Crippen LogP contribution in [0.5, 0.6) is 5.75 Å². The number of carbonyl (C=O) groups is 1. The van der Waals surface area contributed by atoms with Crippen LogP contribution in [-0.4, -0.2) is 18.2 Å². The van der Waals surface area contributed by atoms with Crippen LogP contribution < -0.4 is 10.2 Å². The number of carboxylic acid groups (broad SMARTS) is 1. The lowest BCUT2D eigenvalue weighted by molar-refractivity contribution is 0.0697. The van der Waals surface area contributed by atoms with Crippen molar-refractivity contribution in [3.05, 3.63) is 75.1 Å². The van der Waals surface area contributed by atoms with E-state index in [2.05, 4.69) is 0 Å². The summed E-state index contributed by atoms with van der Waals surface area (Å²) in [6.45, 7) is 0. The Morgan fingerprint density at radius 2 is 1.93 bits per heavy atom. The highest BCUT2D eigenvalue weighted by Crippen LogP contribution is 2.33. The van der Waals surface area contributed by atoms with Gasteiger partial charge in [0.25, 0.3) is 0 Å². The SMILES string of the molecule is COc1ccc(/C=C2/CCCc3c2oc2ccc(C(=O)O)cc2c3=O)cc1. The Morgan fingerprint density at radius 1 is 1.15 bits per heavy atom. The maximum absolute atomic E-state index is 12.9. The van der Waals surface area contributed by atoms with E-state index in [1.165, 1.54) is 12.1 Å². The summed E-state index contributed by atoms with van der Waals surface area (Å²) in [5, 5.41) is 9.49. The van der Waals surface area contributed by atoms with Gasteiger partial charge < -0.3 is 14.3 Å². The summed E-state index contributed by atoms with van der Waals surface area (Å²) in [6.07, 6.45) is 4.33. The molecular weight excluding hydrogens is 344 g/mol. The molecule has 27 heavy (non-hydrogen) atoms. The number of hydrogen-bond acceptors (Lipinski definition) is 4. The molecule has 0 unspecified atom stereocenters. The fraction of sp³-hybridized carbons (Fsp3) is 0.182. The predicted octanol–water partition coefficient (Wildman–Crippen LogP) is 4.38. The van der Waals surface area contributed by atoms with Crippen molar-refractivity contribution < 1.29 is 19.1 Å². The van der Waals surface area contributed by atoms with E-state index in [0.717, 1.165) is 29.7 Å². The number of fused-ring (bicyclic) bond motifs is 2. The zero-order chi connectivity index (χ0) is 19.0. The van der Waals surface area contributed by atoms with Crippen LogP contribution in [-0.2, 0) is 6.42 Å². The Labute approximate surface area is 155 Å². The van der Waals surface area contributed by atoms with Crippen LogP contribution in [0.4, 0.5) is 0 Å². The lowest BCUT2D eigenvalue weighted by atomic mass is 9.90. The molecule has 0 saturated carbocycles. The molecule has 0 aliphatic heterocycles. The van der Waals surface area contributed by atoms with Gasteiger partial charge in [-0.2, -0.15) is 0 Å². The molecule has 0 radical (unpaired) electrons. The Hall–Kier alpha value is -3.34. The highest BCUT2D eigenvalue weighted by atomic mass is 16.5. The minimum absolute atomic E-state index is 0.0829. The first-order valence-electron chi connectivity index (χ1n) is 8.75. The van der Waals surface area contributed by atoms with Crippen molar-refractivity contribution in [2.24, 2.45) is 0 Å². The number of aromatic carboxylic acids is 1. The van der Waals surface area contributed by atoms with Crippen molar-refractivity contribution in [3.63, 3.8) is 0 Å². The van der Waals surface area contributed by atoms with E-state index < -0.39 is 5.97 Å². The monoisotopic (exact) mass is 362 g/mol. The van der Waals surface area contributed by atoms with Gasteiger partial charge in [-0.3, -0.25) is 4.79 Å². The molecule has 0 spiro atoms. The fourth-order valence-electron chi connectivity index (χ4n) is 3.46. The van der Waals surface area contributed by atoms with Crippen LogP contribution in [0.3, 0.4) is 0 Å². The first kappa shape index (κ1) is 17.1. The quantitative estimate of drug-likeness (QED) is 0.748. The van der Waals surface area contributed by atoms with E-state index in [9.17, 15) is 9.59 Å². The molecule has 1 N–H and O–H groups in total. The van der Waals surface area contributed by atoms with Gasteiger partial charge in [0, 0.05) is 5.56 Å². The van der Waals surface area contributed by atoms with Crippen LogP contribution in [0.2, 0.25) is 0 Å². The molecule has 5 nitrogen and oxygen atoms in total. The zero-order valence-corrected chi connectivity index (χ0v) is 14.8. The molecule has 1 heterocycles. The third-order valence-corrected chi connectivity index (χ3v) is 4.85.